The van der Waals surface area contributed by atoms with Crippen molar-refractivity contribution in [1.29, 1.82) is 4.78 Å². The van der Waals surface area contributed by atoms with E-state index in [2.05, 4.69) is 20.3 Å². The molecule has 1 fully saturated rings. The van der Waals surface area contributed by atoms with Crippen molar-refractivity contribution in [2.75, 3.05) is 29.6 Å². The number of carbonyl (C=O) groups excluding carboxylic acids is 1. The zero-order chi connectivity index (χ0) is 22.4. The molecule has 166 valence electrons. The number of nitrogens with one attached hydrogen (secondary N) is 2. The molecule has 2 unspecified atom stereocenters. The van der Waals surface area contributed by atoms with Crippen molar-refractivity contribution in [3.05, 3.63) is 35.4 Å². The molecule has 2 aromatic rings. The van der Waals surface area contributed by atoms with Gasteiger partial charge in [0.1, 0.15) is 5.03 Å². The Bertz CT molecular complexity index is 1140. The third-order valence-electron chi connectivity index (χ3n) is 5.70. The van der Waals surface area contributed by atoms with Crippen LogP contribution in [0.25, 0.3) is 0 Å². The highest BCUT2D eigenvalue weighted by atomic mass is 32.2. The van der Waals surface area contributed by atoms with Gasteiger partial charge in [-0.3, -0.25) is 4.79 Å². The van der Waals surface area contributed by atoms with E-state index < -0.39 is 27.5 Å². The van der Waals surface area contributed by atoms with Crippen LogP contribution in [-0.4, -0.2) is 50.3 Å². The van der Waals surface area contributed by atoms with Crippen LogP contribution in [0.5, 0.6) is 0 Å². The number of rotatable bonds is 4. The molecule has 0 bridgehead atoms. The molecule has 4 rings (SSSR count). The standard InChI is InChI=1S/C20H24F2N6O2S/c1-12-11-28(9-7-20(12,21)22)18-17(26-14-4-3-5-15(14)27-18)19(29)25-13-6-8-24-16(10-13)31(2,23)30/h6,8,10,12,23H,3-5,7,9,11H2,1-2H3,(H,24,25,29). The van der Waals surface area contributed by atoms with Gasteiger partial charge in [0.05, 0.1) is 21.1 Å². The quantitative estimate of drug-likeness (QED) is 0.740. The summed E-state index contributed by atoms with van der Waals surface area (Å²) in [7, 11) is -3.05. The molecule has 2 N–H and O–H groups in total. The van der Waals surface area contributed by atoms with Gasteiger partial charge < -0.3 is 10.2 Å². The molecule has 31 heavy (non-hydrogen) atoms. The van der Waals surface area contributed by atoms with Crippen LogP contribution < -0.4 is 10.2 Å². The second-order valence-corrected chi connectivity index (χ2v) is 10.3. The van der Waals surface area contributed by atoms with E-state index in [0.717, 1.165) is 24.2 Å². The number of amides is 1. The maximum absolute atomic E-state index is 14.0. The molecule has 0 spiro atoms. The van der Waals surface area contributed by atoms with E-state index in [-0.39, 0.29) is 30.2 Å². The van der Waals surface area contributed by atoms with Gasteiger partial charge in [0.15, 0.2) is 11.5 Å². The highest BCUT2D eigenvalue weighted by molar-refractivity contribution is 7.91. The van der Waals surface area contributed by atoms with Crippen molar-refractivity contribution in [3.63, 3.8) is 0 Å². The van der Waals surface area contributed by atoms with Crippen molar-refractivity contribution in [2.24, 2.45) is 5.92 Å². The monoisotopic (exact) mass is 450 g/mol. The van der Waals surface area contributed by atoms with E-state index in [0.29, 0.717) is 17.9 Å². The Balaban J connectivity index is 1.67. The molecule has 1 amide bonds. The molecular weight excluding hydrogens is 426 g/mol. The highest BCUT2D eigenvalue weighted by Crippen LogP contribution is 2.36. The molecule has 2 aliphatic rings. The number of carbonyl (C=O) groups is 1. The molecule has 0 aromatic carbocycles. The predicted octanol–water partition coefficient (Wildman–Crippen LogP) is 3.13. The maximum Gasteiger partial charge on any atom is 0.278 e. The summed E-state index contributed by atoms with van der Waals surface area (Å²) >= 11 is 0. The maximum atomic E-state index is 14.0. The van der Waals surface area contributed by atoms with Crippen LogP contribution in [0.2, 0.25) is 0 Å². The minimum Gasteiger partial charge on any atom is -0.354 e. The number of hydrogen-bond donors (Lipinski definition) is 2. The molecule has 8 nitrogen and oxygen atoms in total. The Morgan fingerprint density at radius 3 is 2.71 bits per heavy atom. The van der Waals surface area contributed by atoms with Gasteiger partial charge in [0.2, 0.25) is 0 Å². The largest absolute Gasteiger partial charge is 0.354 e. The van der Waals surface area contributed by atoms with Crippen LogP contribution in [0.1, 0.15) is 41.6 Å². The molecule has 1 saturated heterocycles. The Kier molecular flexibility index (Phi) is 5.40. The van der Waals surface area contributed by atoms with Crippen LogP contribution in [0.4, 0.5) is 20.3 Å². The lowest BCUT2D eigenvalue weighted by molar-refractivity contribution is -0.0652. The van der Waals surface area contributed by atoms with Crippen LogP contribution >= 0.6 is 0 Å². The van der Waals surface area contributed by atoms with Gasteiger partial charge in [-0.2, -0.15) is 0 Å². The smallest absolute Gasteiger partial charge is 0.278 e. The zero-order valence-electron chi connectivity index (χ0n) is 17.3. The third-order valence-corrected chi connectivity index (χ3v) is 6.72. The number of hydrogen-bond acceptors (Lipinski definition) is 7. The van der Waals surface area contributed by atoms with Gasteiger partial charge in [0.25, 0.3) is 11.8 Å². The van der Waals surface area contributed by atoms with E-state index in [1.165, 1.54) is 31.5 Å². The lowest BCUT2D eigenvalue weighted by Crippen LogP contribution is -2.47. The second-order valence-electron chi connectivity index (χ2n) is 8.18. The van der Waals surface area contributed by atoms with Gasteiger partial charge in [-0.25, -0.2) is 32.7 Å². The number of alkyl halides is 2. The molecule has 2 aromatic heterocycles. The van der Waals surface area contributed by atoms with Crippen molar-refractivity contribution in [3.8, 4) is 0 Å². The van der Waals surface area contributed by atoms with Crippen LogP contribution in [0.3, 0.4) is 0 Å². The van der Waals surface area contributed by atoms with E-state index >= 15 is 0 Å². The summed E-state index contributed by atoms with van der Waals surface area (Å²) in [5.41, 5.74) is 1.97. The minimum absolute atomic E-state index is 0.0534. The molecule has 1 aliphatic carbocycles. The molecule has 3 heterocycles. The van der Waals surface area contributed by atoms with Crippen LogP contribution in [0, 0.1) is 10.7 Å². The topological polar surface area (TPSA) is 112 Å². The van der Waals surface area contributed by atoms with Crippen molar-refractivity contribution in [1.82, 2.24) is 15.0 Å². The Labute approximate surface area is 179 Å². The normalized spacial score (nSPS) is 21.9. The van der Waals surface area contributed by atoms with E-state index in [9.17, 15) is 17.8 Å². The van der Waals surface area contributed by atoms with Gasteiger partial charge in [-0.1, -0.05) is 6.92 Å². The van der Waals surface area contributed by atoms with Gasteiger partial charge in [0, 0.05) is 43.6 Å². The lowest BCUT2D eigenvalue weighted by atomic mass is 9.95. The van der Waals surface area contributed by atoms with Crippen molar-refractivity contribution < 1.29 is 17.8 Å². The number of aryl methyl sites for hydroxylation is 2. The molecular formula is C20H24F2N6O2S. The Morgan fingerprint density at radius 2 is 2.03 bits per heavy atom. The fourth-order valence-corrected chi connectivity index (χ4v) is 4.47. The van der Waals surface area contributed by atoms with Crippen LogP contribution in [0.15, 0.2) is 23.4 Å². The molecule has 11 heteroatoms. The summed E-state index contributed by atoms with van der Waals surface area (Å²) in [6.45, 7) is 1.66. The second kappa shape index (κ2) is 7.77. The minimum atomic E-state index is -3.05. The third kappa shape index (κ3) is 4.36. The average Bonchev–Trinajstić information content (AvgIpc) is 3.16. The average molecular weight is 451 g/mol. The Morgan fingerprint density at radius 1 is 1.32 bits per heavy atom. The Hall–Kier alpha value is -2.69. The number of aromatic nitrogens is 3. The van der Waals surface area contributed by atoms with E-state index in [1.54, 1.807) is 4.90 Å². The first-order valence-electron chi connectivity index (χ1n) is 10.1. The summed E-state index contributed by atoms with van der Waals surface area (Å²) in [6, 6.07) is 2.91. The summed E-state index contributed by atoms with van der Waals surface area (Å²) in [6.07, 6.45) is 4.66. The summed E-state index contributed by atoms with van der Waals surface area (Å²) in [5.74, 6) is -3.84. The fourth-order valence-electron chi connectivity index (χ4n) is 3.86. The van der Waals surface area contributed by atoms with Crippen molar-refractivity contribution in [2.45, 2.75) is 43.6 Å². The van der Waals surface area contributed by atoms with Gasteiger partial charge in [-0.15, -0.1) is 0 Å². The highest BCUT2D eigenvalue weighted by Gasteiger charge is 2.42. The predicted molar refractivity (Wildman–Crippen MR) is 112 cm³/mol. The van der Waals surface area contributed by atoms with Gasteiger partial charge in [-0.05, 0) is 31.4 Å². The zero-order valence-corrected chi connectivity index (χ0v) is 18.1. The first-order chi connectivity index (χ1) is 14.5. The van der Waals surface area contributed by atoms with Crippen molar-refractivity contribution >= 4 is 27.1 Å². The molecule has 0 saturated carbocycles. The number of fused-ring (bicyclic) bond motifs is 1. The summed E-state index contributed by atoms with van der Waals surface area (Å²) in [5, 5.41) is 2.76. The molecule has 0 radical (unpaired) electrons. The van der Waals surface area contributed by atoms with Crippen LogP contribution in [-0.2, 0) is 22.6 Å². The lowest BCUT2D eigenvalue weighted by Gasteiger charge is -2.37. The molecule has 1 aliphatic heterocycles. The number of pyridine rings is 1. The number of piperidine rings is 1. The first-order valence-corrected chi connectivity index (χ1v) is 12.0. The van der Waals surface area contributed by atoms with E-state index in [1.807, 2.05) is 0 Å². The molecule has 2 atom stereocenters. The fraction of sp³-hybridized carbons (Fsp3) is 0.500. The number of anilines is 2. The first kappa shape index (κ1) is 21.5. The number of halogens is 2. The summed E-state index contributed by atoms with van der Waals surface area (Å²) in [4.78, 5) is 28.0. The summed E-state index contributed by atoms with van der Waals surface area (Å²) < 4.78 is 47.7. The van der Waals surface area contributed by atoms with Gasteiger partial charge >= 0.3 is 0 Å². The van der Waals surface area contributed by atoms with E-state index in [4.69, 9.17) is 4.78 Å². The SMILES string of the molecule is CC1CN(c2nc3c(nc2C(=O)Nc2ccnc(S(C)(=N)=O)c2)CCC3)CCC1(F)F. The number of nitrogens with zero attached hydrogens (tertiary/aromatic N) is 4.